The molecule has 1 heterocycles. The van der Waals surface area contributed by atoms with Crippen molar-refractivity contribution in [3.8, 4) is 0 Å². The monoisotopic (exact) mass is 196 g/mol. The van der Waals surface area contributed by atoms with Crippen LogP contribution in [0.2, 0.25) is 0 Å². The first-order valence-electron chi connectivity index (χ1n) is 5.00. The van der Waals surface area contributed by atoms with Crippen molar-refractivity contribution in [2.24, 2.45) is 0 Å². The lowest BCUT2D eigenvalue weighted by Gasteiger charge is -2.17. The van der Waals surface area contributed by atoms with Crippen LogP contribution in [0.3, 0.4) is 0 Å². The van der Waals surface area contributed by atoms with E-state index in [1.807, 2.05) is 13.2 Å². The van der Waals surface area contributed by atoms with Gasteiger partial charge in [0.25, 0.3) is 0 Å². The van der Waals surface area contributed by atoms with Crippen LogP contribution in [0.15, 0.2) is 16.7 Å². The van der Waals surface area contributed by atoms with Crippen molar-refractivity contribution < 1.29 is 4.42 Å². The minimum atomic E-state index is 0.500. The smallest absolute Gasteiger partial charge is 0.101 e. The van der Waals surface area contributed by atoms with Gasteiger partial charge >= 0.3 is 0 Å². The van der Waals surface area contributed by atoms with E-state index in [1.165, 1.54) is 5.56 Å². The maximum Gasteiger partial charge on any atom is 0.101 e. The normalized spacial score (nSPS) is 13.5. The topological polar surface area (TPSA) is 28.4 Å². The summed E-state index contributed by atoms with van der Waals surface area (Å²) in [7, 11) is 4.17. The second-order valence-corrected chi connectivity index (χ2v) is 4.11. The van der Waals surface area contributed by atoms with Crippen molar-refractivity contribution in [2.45, 2.75) is 26.4 Å². The summed E-state index contributed by atoms with van der Waals surface area (Å²) in [5.41, 5.74) is 1.22. The summed E-state index contributed by atoms with van der Waals surface area (Å²) in [6, 6.07) is 2.57. The molecule has 1 rings (SSSR count). The summed E-state index contributed by atoms with van der Waals surface area (Å²) in [5, 5.41) is 3.44. The lowest BCUT2D eigenvalue weighted by Crippen LogP contribution is -2.35. The third kappa shape index (κ3) is 3.94. The van der Waals surface area contributed by atoms with E-state index < -0.39 is 0 Å². The molecule has 14 heavy (non-hydrogen) atoms. The van der Waals surface area contributed by atoms with Crippen LogP contribution in [0.25, 0.3) is 0 Å². The van der Waals surface area contributed by atoms with E-state index in [-0.39, 0.29) is 0 Å². The molecule has 0 saturated heterocycles. The molecule has 0 bridgehead atoms. The molecular formula is C11H20N2O. The lowest BCUT2D eigenvalue weighted by atomic mass is 10.2. The molecule has 0 fully saturated rings. The van der Waals surface area contributed by atoms with Crippen molar-refractivity contribution in [3.63, 3.8) is 0 Å². The Morgan fingerprint density at radius 3 is 2.71 bits per heavy atom. The third-order valence-corrected chi connectivity index (χ3v) is 2.08. The van der Waals surface area contributed by atoms with Crippen molar-refractivity contribution in [1.82, 2.24) is 10.2 Å². The van der Waals surface area contributed by atoms with Gasteiger partial charge in [0, 0.05) is 24.7 Å². The Labute approximate surface area is 86.1 Å². The highest BCUT2D eigenvalue weighted by Crippen LogP contribution is 2.05. The maximum absolute atomic E-state index is 5.23. The van der Waals surface area contributed by atoms with Gasteiger partial charge in [0.1, 0.15) is 5.76 Å². The van der Waals surface area contributed by atoms with E-state index in [4.69, 9.17) is 4.42 Å². The number of hydrogen-bond donors (Lipinski definition) is 1. The summed E-state index contributed by atoms with van der Waals surface area (Å²) >= 11 is 0. The first-order chi connectivity index (χ1) is 6.58. The quantitative estimate of drug-likeness (QED) is 0.776. The fourth-order valence-electron chi connectivity index (χ4n) is 1.49. The molecule has 0 saturated carbocycles. The number of nitrogens with one attached hydrogen (secondary N) is 1. The van der Waals surface area contributed by atoms with E-state index >= 15 is 0 Å². The minimum absolute atomic E-state index is 0.500. The average molecular weight is 196 g/mol. The lowest BCUT2D eigenvalue weighted by molar-refractivity contribution is 0.349. The number of aryl methyl sites for hydroxylation is 1. The Balaban J connectivity index is 2.26. The molecule has 80 valence electrons. The van der Waals surface area contributed by atoms with Crippen LogP contribution in [0, 0.1) is 6.92 Å². The molecular weight excluding hydrogens is 176 g/mol. The van der Waals surface area contributed by atoms with Gasteiger partial charge in [0.05, 0.1) is 6.26 Å². The van der Waals surface area contributed by atoms with E-state index in [9.17, 15) is 0 Å². The fraction of sp³-hybridized carbons (Fsp3) is 0.636. The number of likely N-dealkylation sites (N-methyl/N-ethyl adjacent to an activating group) is 1. The van der Waals surface area contributed by atoms with Gasteiger partial charge in [0.2, 0.25) is 0 Å². The summed E-state index contributed by atoms with van der Waals surface area (Å²) in [6.45, 7) is 6.09. The van der Waals surface area contributed by atoms with Gasteiger partial charge < -0.3 is 14.6 Å². The third-order valence-electron chi connectivity index (χ3n) is 2.08. The molecule has 1 atom stereocenters. The second kappa shape index (κ2) is 5.17. The molecule has 1 aromatic heterocycles. The van der Waals surface area contributed by atoms with E-state index in [1.54, 1.807) is 0 Å². The van der Waals surface area contributed by atoms with Crippen molar-refractivity contribution in [3.05, 3.63) is 23.7 Å². The molecule has 0 aliphatic rings. The van der Waals surface area contributed by atoms with Gasteiger partial charge in [-0.3, -0.25) is 0 Å². The maximum atomic E-state index is 5.23. The van der Waals surface area contributed by atoms with Crippen LogP contribution < -0.4 is 5.32 Å². The summed E-state index contributed by atoms with van der Waals surface area (Å²) in [4.78, 5) is 2.18. The largest absolute Gasteiger partial charge is 0.469 e. The SMILES string of the molecule is Cc1cc(CNC(C)CN(C)C)co1. The van der Waals surface area contributed by atoms with Gasteiger partial charge in [-0.1, -0.05) is 0 Å². The molecule has 0 radical (unpaired) electrons. The number of hydrogen-bond acceptors (Lipinski definition) is 3. The summed E-state index contributed by atoms with van der Waals surface area (Å²) in [5.74, 6) is 0.974. The zero-order valence-corrected chi connectivity index (χ0v) is 9.50. The highest BCUT2D eigenvalue weighted by atomic mass is 16.3. The Morgan fingerprint density at radius 1 is 1.50 bits per heavy atom. The standard InChI is InChI=1S/C11H20N2O/c1-9(7-13(3)4)12-6-11-5-10(2)14-8-11/h5,8-9,12H,6-7H2,1-4H3. The molecule has 0 aliphatic carbocycles. The zero-order chi connectivity index (χ0) is 10.6. The van der Waals surface area contributed by atoms with Crippen LogP contribution >= 0.6 is 0 Å². The molecule has 1 aromatic rings. The van der Waals surface area contributed by atoms with Gasteiger partial charge in [-0.25, -0.2) is 0 Å². The van der Waals surface area contributed by atoms with Gasteiger partial charge in [-0.05, 0) is 34.0 Å². The van der Waals surface area contributed by atoms with E-state index in [0.717, 1.165) is 18.8 Å². The van der Waals surface area contributed by atoms with Crippen molar-refractivity contribution in [1.29, 1.82) is 0 Å². The van der Waals surface area contributed by atoms with Crippen molar-refractivity contribution in [2.75, 3.05) is 20.6 Å². The second-order valence-electron chi connectivity index (χ2n) is 4.11. The first kappa shape index (κ1) is 11.3. The molecule has 0 spiro atoms. The molecule has 3 heteroatoms. The number of furan rings is 1. The Morgan fingerprint density at radius 2 is 2.21 bits per heavy atom. The van der Waals surface area contributed by atoms with Gasteiger partial charge in [-0.15, -0.1) is 0 Å². The predicted molar refractivity (Wildman–Crippen MR) is 58.3 cm³/mol. The van der Waals surface area contributed by atoms with E-state index in [2.05, 4.69) is 37.3 Å². The van der Waals surface area contributed by atoms with Crippen LogP contribution in [0.1, 0.15) is 18.2 Å². The average Bonchev–Trinajstić information content (AvgIpc) is 2.47. The van der Waals surface area contributed by atoms with Crippen LogP contribution in [0.4, 0.5) is 0 Å². The zero-order valence-electron chi connectivity index (χ0n) is 9.50. The molecule has 1 unspecified atom stereocenters. The van der Waals surface area contributed by atoms with E-state index in [0.29, 0.717) is 6.04 Å². The van der Waals surface area contributed by atoms with Crippen LogP contribution in [0.5, 0.6) is 0 Å². The Bertz CT molecular complexity index is 268. The fourth-order valence-corrected chi connectivity index (χ4v) is 1.49. The van der Waals surface area contributed by atoms with Gasteiger partial charge in [0.15, 0.2) is 0 Å². The molecule has 0 amide bonds. The molecule has 3 nitrogen and oxygen atoms in total. The highest BCUT2D eigenvalue weighted by molar-refractivity contribution is 5.11. The summed E-state index contributed by atoms with van der Waals surface area (Å²) in [6.07, 6.45) is 1.81. The highest BCUT2D eigenvalue weighted by Gasteiger charge is 2.03. The minimum Gasteiger partial charge on any atom is -0.469 e. The van der Waals surface area contributed by atoms with Gasteiger partial charge in [-0.2, -0.15) is 0 Å². The Hall–Kier alpha value is -0.800. The predicted octanol–water partition coefficient (Wildman–Crippen LogP) is 1.63. The van der Waals surface area contributed by atoms with Crippen molar-refractivity contribution >= 4 is 0 Å². The molecule has 0 aliphatic heterocycles. The van der Waals surface area contributed by atoms with Crippen LogP contribution in [-0.2, 0) is 6.54 Å². The number of nitrogens with zero attached hydrogens (tertiary/aromatic N) is 1. The Kier molecular flexibility index (Phi) is 4.17. The first-order valence-corrected chi connectivity index (χ1v) is 5.00. The number of rotatable bonds is 5. The van der Waals surface area contributed by atoms with Crippen LogP contribution in [-0.4, -0.2) is 31.6 Å². The summed E-state index contributed by atoms with van der Waals surface area (Å²) < 4.78 is 5.23. The molecule has 1 N–H and O–H groups in total. The molecule has 0 aromatic carbocycles.